The summed E-state index contributed by atoms with van der Waals surface area (Å²) in [6.45, 7) is 3.83. The van der Waals surface area contributed by atoms with Crippen LogP contribution in [0.4, 0.5) is 10.6 Å². The molecule has 0 aliphatic carbocycles. The van der Waals surface area contributed by atoms with Crippen LogP contribution in [0.3, 0.4) is 0 Å². The first-order valence-electron chi connectivity index (χ1n) is 6.86. The summed E-state index contributed by atoms with van der Waals surface area (Å²) in [5.41, 5.74) is 0.714. The molecule has 0 aromatic carbocycles. The van der Waals surface area contributed by atoms with Crippen LogP contribution >= 0.6 is 11.6 Å². The molecule has 2 aromatic heterocycles. The second kappa shape index (κ2) is 5.84. The number of rotatable bonds is 2. The van der Waals surface area contributed by atoms with E-state index >= 15 is 0 Å². The topological polar surface area (TPSA) is 82.7 Å². The molecule has 1 amide bonds. The van der Waals surface area contributed by atoms with Crippen LogP contribution in [-0.2, 0) is 0 Å². The van der Waals surface area contributed by atoms with Crippen LogP contribution in [0.1, 0.15) is 5.76 Å². The second-order valence-corrected chi connectivity index (χ2v) is 5.47. The fourth-order valence-electron chi connectivity index (χ4n) is 2.38. The van der Waals surface area contributed by atoms with E-state index in [0.717, 1.165) is 5.76 Å². The maximum atomic E-state index is 10.9. The number of oxazole rings is 1. The largest absolute Gasteiger partial charge is 0.465 e. The Morgan fingerprint density at radius 1 is 1.27 bits per heavy atom. The van der Waals surface area contributed by atoms with Crippen molar-refractivity contribution in [2.45, 2.75) is 6.92 Å². The molecule has 22 heavy (non-hydrogen) atoms. The third-order valence-corrected chi connectivity index (χ3v) is 3.82. The molecule has 1 aliphatic heterocycles. The maximum absolute atomic E-state index is 10.9. The molecule has 3 heterocycles. The highest BCUT2D eigenvalue weighted by atomic mass is 35.5. The minimum atomic E-state index is -0.895. The summed E-state index contributed by atoms with van der Waals surface area (Å²) < 4.78 is 5.46. The fourth-order valence-corrected chi connectivity index (χ4v) is 2.66. The van der Waals surface area contributed by atoms with E-state index in [0.29, 0.717) is 48.5 Å². The van der Waals surface area contributed by atoms with Crippen LogP contribution in [0.5, 0.6) is 0 Å². The van der Waals surface area contributed by atoms with Crippen molar-refractivity contribution in [1.29, 1.82) is 0 Å². The smallest absolute Gasteiger partial charge is 0.407 e. The van der Waals surface area contributed by atoms with Crippen molar-refractivity contribution in [2.75, 3.05) is 31.1 Å². The molecule has 3 rings (SSSR count). The Hall–Kier alpha value is -2.28. The van der Waals surface area contributed by atoms with Crippen LogP contribution in [0.2, 0.25) is 5.02 Å². The molecule has 0 spiro atoms. The zero-order valence-corrected chi connectivity index (χ0v) is 12.7. The maximum Gasteiger partial charge on any atom is 0.407 e. The Morgan fingerprint density at radius 3 is 2.55 bits per heavy atom. The van der Waals surface area contributed by atoms with Gasteiger partial charge in [0, 0.05) is 32.4 Å². The quantitative estimate of drug-likeness (QED) is 0.914. The van der Waals surface area contributed by atoms with Crippen LogP contribution < -0.4 is 4.90 Å². The van der Waals surface area contributed by atoms with Gasteiger partial charge in [-0.2, -0.15) is 0 Å². The van der Waals surface area contributed by atoms with Gasteiger partial charge in [-0.3, -0.25) is 0 Å². The summed E-state index contributed by atoms with van der Waals surface area (Å²) >= 11 is 6.31. The number of anilines is 1. The monoisotopic (exact) mass is 322 g/mol. The standard InChI is InChI=1S/C14H15ClN4O3/c1-9-7-17-13(22-9)10-6-11(15)12(16-8-10)18-2-4-19(5-3-18)14(20)21/h6-8H,2-5H2,1H3,(H,20,21). The number of nitrogens with zero attached hydrogens (tertiary/aromatic N) is 4. The first-order chi connectivity index (χ1) is 10.5. The molecule has 8 heteroatoms. The minimum Gasteiger partial charge on any atom is -0.465 e. The molecule has 0 radical (unpaired) electrons. The van der Waals surface area contributed by atoms with E-state index in [1.807, 2.05) is 11.8 Å². The number of piperazine rings is 1. The molecule has 0 bridgehead atoms. The fraction of sp³-hybridized carbons (Fsp3) is 0.357. The van der Waals surface area contributed by atoms with Crippen LogP contribution in [0, 0.1) is 6.92 Å². The number of pyridine rings is 1. The Labute approximate surface area is 132 Å². The van der Waals surface area contributed by atoms with E-state index in [9.17, 15) is 4.79 Å². The van der Waals surface area contributed by atoms with E-state index in [1.54, 1.807) is 18.5 Å². The highest BCUT2D eigenvalue weighted by Crippen LogP contribution is 2.29. The number of hydrogen-bond donors (Lipinski definition) is 1. The Kier molecular flexibility index (Phi) is 3.89. The minimum absolute atomic E-state index is 0.439. The molecule has 2 aromatic rings. The van der Waals surface area contributed by atoms with E-state index in [4.69, 9.17) is 21.1 Å². The normalized spacial score (nSPS) is 15.2. The Bertz CT molecular complexity index is 695. The predicted molar refractivity (Wildman–Crippen MR) is 81.3 cm³/mol. The van der Waals surface area contributed by atoms with Gasteiger partial charge in [0.2, 0.25) is 5.89 Å². The Morgan fingerprint density at radius 2 is 2.00 bits per heavy atom. The number of hydrogen-bond acceptors (Lipinski definition) is 5. The van der Waals surface area contributed by atoms with Gasteiger partial charge in [-0.05, 0) is 13.0 Å². The highest BCUT2D eigenvalue weighted by molar-refractivity contribution is 6.33. The van der Waals surface area contributed by atoms with Crippen molar-refractivity contribution < 1.29 is 14.3 Å². The van der Waals surface area contributed by atoms with E-state index in [-0.39, 0.29) is 0 Å². The van der Waals surface area contributed by atoms with E-state index in [1.165, 1.54) is 4.90 Å². The zero-order chi connectivity index (χ0) is 15.7. The van der Waals surface area contributed by atoms with Crippen molar-refractivity contribution in [3.05, 3.63) is 29.2 Å². The third-order valence-electron chi connectivity index (χ3n) is 3.54. The molecule has 1 fully saturated rings. The van der Waals surface area contributed by atoms with Crippen molar-refractivity contribution in [3.63, 3.8) is 0 Å². The molecule has 0 unspecified atom stereocenters. The van der Waals surface area contributed by atoms with E-state index < -0.39 is 6.09 Å². The molecule has 7 nitrogen and oxygen atoms in total. The van der Waals surface area contributed by atoms with Gasteiger partial charge in [0.05, 0.1) is 16.8 Å². The molecule has 0 atom stereocenters. The Balaban J connectivity index is 1.77. The summed E-state index contributed by atoms with van der Waals surface area (Å²) in [5, 5.41) is 9.46. The number of aromatic nitrogens is 2. The summed E-state index contributed by atoms with van der Waals surface area (Å²) in [5.74, 6) is 1.85. The molecular weight excluding hydrogens is 308 g/mol. The number of amides is 1. The molecule has 1 aliphatic rings. The van der Waals surface area contributed by atoms with Gasteiger partial charge in [0.15, 0.2) is 0 Å². The van der Waals surface area contributed by atoms with Crippen LogP contribution in [0.25, 0.3) is 11.5 Å². The first-order valence-corrected chi connectivity index (χ1v) is 7.23. The lowest BCUT2D eigenvalue weighted by molar-refractivity contribution is 0.142. The number of halogens is 1. The lowest BCUT2D eigenvalue weighted by Gasteiger charge is -2.34. The van der Waals surface area contributed by atoms with Crippen molar-refractivity contribution in [1.82, 2.24) is 14.9 Å². The van der Waals surface area contributed by atoms with Crippen LogP contribution in [0.15, 0.2) is 22.9 Å². The van der Waals surface area contributed by atoms with Crippen molar-refractivity contribution >= 4 is 23.5 Å². The van der Waals surface area contributed by atoms with Gasteiger partial charge in [0.25, 0.3) is 0 Å². The molecule has 1 saturated heterocycles. The number of aryl methyl sites for hydroxylation is 1. The third kappa shape index (κ3) is 2.85. The average molecular weight is 323 g/mol. The van der Waals surface area contributed by atoms with Crippen molar-refractivity contribution in [3.8, 4) is 11.5 Å². The van der Waals surface area contributed by atoms with E-state index in [2.05, 4.69) is 9.97 Å². The lowest BCUT2D eigenvalue weighted by Crippen LogP contribution is -2.48. The van der Waals surface area contributed by atoms with Gasteiger partial charge in [-0.1, -0.05) is 11.6 Å². The summed E-state index contributed by atoms with van der Waals surface area (Å²) in [6, 6.07) is 1.76. The predicted octanol–water partition coefficient (Wildman–Crippen LogP) is 2.50. The zero-order valence-electron chi connectivity index (χ0n) is 12.0. The molecular formula is C14H15ClN4O3. The van der Waals surface area contributed by atoms with Gasteiger partial charge >= 0.3 is 6.09 Å². The highest BCUT2D eigenvalue weighted by Gasteiger charge is 2.23. The SMILES string of the molecule is Cc1cnc(-c2cnc(N3CCN(C(=O)O)CC3)c(Cl)c2)o1. The van der Waals surface area contributed by atoms with Crippen LogP contribution in [-0.4, -0.2) is 52.2 Å². The van der Waals surface area contributed by atoms with Gasteiger partial charge in [0.1, 0.15) is 11.6 Å². The number of carboxylic acid groups (broad SMARTS) is 1. The summed E-state index contributed by atoms with van der Waals surface area (Å²) in [4.78, 5) is 22.8. The van der Waals surface area contributed by atoms with Gasteiger partial charge in [-0.15, -0.1) is 0 Å². The second-order valence-electron chi connectivity index (χ2n) is 5.06. The van der Waals surface area contributed by atoms with Gasteiger partial charge < -0.3 is 19.3 Å². The molecule has 0 saturated carbocycles. The molecule has 1 N–H and O–H groups in total. The lowest BCUT2D eigenvalue weighted by atomic mass is 10.2. The number of carbonyl (C=O) groups is 1. The first kappa shape index (κ1) is 14.6. The molecule has 116 valence electrons. The summed E-state index contributed by atoms with van der Waals surface area (Å²) in [7, 11) is 0. The summed E-state index contributed by atoms with van der Waals surface area (Å²) in [6.07, 6.45) is 2.41. The average Bonchev–Trinajstić information content (AvgIpc) is 2.94. The van der Waals surface area contributed by atoms with Gasteiger partial charge in [-0.25, -0.2) is 14.8 Å². The van der Waals surface area contributed by atoms with Crippen molar-refractivity contribution in [2.24, 2.45) is 0 Å².